The van der Waals surface area contributed by atoms with Crippen molar-refractivity contribution in [2.45, 2.75) is 51.9 Å². The van der Waals surface area contributed by atoms with Gasteiger partial charge in [0.05, 0.1) is 24.2 Å². The third-order valence-corrected chi connectivity index (χ3v) is 4.11. The van der Waals surface area contributed by atoms with Crippen LogP contribution in [-0.2, 0) is 4.79 Å². The topological polar surface area (TPSA) is 60.8 Å². The van der Waals surface area contributed by atoms with E-state index in [-0.39, 0.29) is 11.9 Å². The second kappa shape index (κ2) is 8.15. The predicted molar refractivity (Wildman–Crippen MR) is 83.7 cm³/mol. The van der Waals surface area contributed by atoms with Crippen LogP contribution >= 0.6 is 0 Å². The van der Waals surface area contributed by atoms with Gasteiger partial charge in [0.15, 0.2) is 0 Å². The minimum Gasteiger partial charge on any atom is -0.392 e. The van der Waals surface area contributed by atoms with E-state index in [0.717, 1.165) is 12.0 Å². The zero-order chi connectivity index (χ0) is 16.0. The van der Waals surface area contributed by atoms with Gasteiger partial charge in [-0.05, 0) is 18.9 Å². The first-order valence-corrected chi connectivity index (χ1v) is 7.57. The summed E-state index contributed by atoms with van der Waals surface area (Å²) in [4.78, 5) is 13.9. The minimum atomic E-state index is -0.740. The van der Waals surface area contributed by atoms with Gasteiger partial charge in [0.2, 0.25) is 5.91 Å². The van der Waals surface area contributed by atoms with Crippen molar-refractivity contribution < 1.29 is 15.0 Å². The molecule has 0 heterocycles. The van der Waals surface area contributed by atoms with E-state index in [1.54, 1.807) is 14.0 Å². The molecule has 2 N–H and O–H groups in total. The molecule has 1 amide bonds. The molecule has 4 nitrogen and oxygen atoms in total. The molecule has 0 bridgehead atoms. The second-order valence-corrected chi connectivity index (χ2v) is 5.69. The number of rotatable bonds is 7. The quantitative estimate of drug-likeness (QED) is 0.811. The average Bonchev–Trinajstić information content (AvgIpc) is 2.52. The van der Waals surface area contributed by atoms with Crippen molar-refractivity contribution in [3.05, 3.63) is 35.9 Å². The number of carbonyl (C=O) groups is 1. The third-order valence-electron chi connectivity index (χ3n) is 4.11. The Morgan fingerprint density at radius 2 is 1.76 bits per heavy atom. The lowest BCUT2D eigenvalue weighted by Crippen LogP contribution is -2.44. The number of hydrogen-bond acceptors (Lipinski definition) is 3. The zero-order valence-electron chi connectivity index (χ0n) is 13.4. The number of amides is 1. The Balaban J connectivity index is 2.73. The SMILES string of the molecule is CCC[C@H](O)[C@@H](C)C(=O)N(C)[C@@H](C)[C@@H](O)c1ccccc1. The second-order valence-electron chi connectivity index (χ2n) is 5.69. The van der Waals surface area contributed by atoms with Gasteiger partial charge >= 0.3 is 0 Å². The lowest BCUT2D eigenvalue weighted by atomic mass is 9.97. The fourth-order valence-corrected chi connectivity index (χ4v) is 2.37. The normalized spacial score (nSPS) is 16.9. The Labute approximate surface area is 127 Å². The van der Waals surface area contributed by atoms with E-state index >= 15 is 0 Å². The highest BCUT2D eigenvalue weighted by molar-refractivity contribution is 5.79. The number of aliphatic hydroxyl groups excluding tert-OH is 2. The molecular formula is C17H27NO3. The Morgan fingerprint density at radius 3 is 2.29 bits per heavy atom. The van der Waals surface area contributed by atoms with Crippen LogP contribution in [0, 0.1) is 5.92 Å². The molecular weight excluding hydrogens is 266 g/mol. The molecule has 0 aliphatic heterocycles. The van der Waals surface area contributed by atoms with Crippen LogP contribution in [0.25, 0.3) is 0 Å². The van der Waals surface area contributed by atoms with Gasteiger partial charge in [0.25, 0.3) is 0 Å². The number of nitrogens with zero attached hydrogens (tertiary/aromatic N) is 1. The number of carbonyl (C=O) groups excluding carboxylic acids is 1. The molecule has 0 aliphatic carbocycles. The van der Waals surface area contributed by atoms with E-state index in [1.165, 1.54) is 4.90 Å². The molecule has 0 spiro atoms. The van der Waals surface area contributed by atoms with Crippen LogP contribution in [0.5, 0.6) is 0 Å². The fraction of sp³-hybridized carbons (Fsp3) is 0.588. The fourth-order valence-electron chi connectivity index (χ4n) is 2.37. The molecule has 0 aliphatic rings. The van der Waals surface area contributed by atoms with E-state index < -0.39 is 18.1 Å². The molecule has 4 atom stereocenters. The Morgan fingerprint density at radius 1 is 1.19 bits per heavy atom. The van der Waals surface area contributed by atoms with Crippen molar-refractivity contribution in [3.8, 4) is 0 Å². The van der Waals surface area contributed by atoms with Crippen LogP contribution in [-0.4, -0.2) is 40.2 Å². The summed E-state index contributed by atoms with van der Waals surface area (Å²) in [5, 5.41) is 20.3. The molecule has 0 radical (unpaired) electrons. The van der Waals surface area contributed by atoms with Gasteiger partial charge in [0, 0.05) is 7.05 Å². The van der Waals surface area contributed by atoms with Crippen molar-refractivity contribution in [1.82, 2.24) is 4.90 Å². The van der Waals surface area contributed by atoms with Gasteiger partial charge in [-0.15, -0.1) is 0 Å². The maximum absolute atomic E-state index is 12.4. The summed E-state index contributed by atoms with van der Waals surface area (Å²) in [6.45, 7) is 5.53. The number of benzene rings is 1. The lowest BCUT2D eigenvalue weighted by Gasteiger charge is -2.32. The Hall–Kier alpha value is -1.39. The summed E-state index contributed by atoms with van der Waals surface area (Å²) >= 11 is 0. The zero-order valence-corrected chi connectivity index (χ0v) is 13.4. The van der Waals surface area contributed by atoms with Crippen molar-refractivity contribution >= 4 is 5.91 Å². The van der Waals surface area contributed by atoms with Crippen LogP contribution in [0.15, 0.2) is 30.3 Å². The molecule has 1 aromatic carbocycles. The summed E-state index contributed by atoms with van der Waals surface area (Å²) in [6, 6.07) is 8.94. The van der Waals surface area contributed by atoms with Crippen LogP contribution in [0.4, 0.5) is 0 Å². The van der Waals surface area contributed by atoms with Crippen molar-refractivity contribution in [2.75, 3.05) is 7.05 Å². The van der Waals surface area contributed by atoms with Crippen LogP contribution in [0.1, 0.15) is 45.3 Å². The number of likely N-dealkylation sites (N-methyl/N-ethyl adjacent to an activating group) is 1. The molecule has 118 valence electrons. The predicted octanol–water partition coefficient (Wildman–Crippen LogP) is 2.36. The van der Waals surface area contributed by atoms with Crippen LogP contribution in [0.3, 0.4) is 0 Å². The van der Waals surface area contributed by atoms with Crippen LogP contribution < -0.4 is 0 Å². The lowest BCUT2D eigenvalue weighted by molar-refractivity contribution is -0.141. The van der Waals surface area contributed by atoms with Crippen molar-refractivity contribution in [1.29, 1.82) is 0 Å². The molecule has 0 saturated carbocycles. The van der Waals surface area contributed by atoms with E-state index in [0.29, 0.717) is 6.42 Å². The van der Waals surface area contributed by atoms with E-state index in [4.69, 9.17) is 0 Å². The first-order chi connectivity index (χ1) is 9.90. The molecule has 4 heteroatoms. The molecule has 0 saturated heterocycles. The Bertz CT molecular complexity index is 435. The first-order valence-electron chi connectivity index (χ1n) is 7.57. The van der Waals surface area contributed by atoms with Gasteiger partial charge < -0.3 is 15.1 Å². The largest absolute Gasteiger partial charge is 0.392 e. The van der Waals surface area contributed by atoms with E-state index in [1.807, 2.05) is 44.2 Å². The van der Waals surface area contributed by atoms with Gasteiger partial charge in [-0.25, -0.2) is 0 Å². The maximum Gasteiger partial charge on any atom is 0.228 e. The summed E-state index contributed by atoms with van der Waals surface area (Å²) < 4.78 is 0. The maximum atomic E-state index is 12.4. The highest BCUT2D eigenvalue weighted by atomic mass is 16.3. The number of hydrogen-bond donors (Lipinski definition) is 2. The van der Waals surface area contributed by atoms with E-state index in [2.05, 4.69) is 0 Å². The van der Waals surface area contributed by atoms with Crippen molar-refractivity contribution in [3.63, 3.8) is 0 Å². The van der Waals surface area contributed by atoms with Gasteiger partial charge in [0.1, 0.15) is 0 Å². The van der Waals surface area contributed by atoms with E-state index in [9.17, 15) is 15.0 Å². The standard InChI is InChI=1S/C17H27NO3/c1-5-9-15(19)12(2)17(21)18(4)13(3)16(20)14-10-7-6-8-11-14/h6-8,10-13,15-16,19-20H,5,9H2,1-4H3/t12-,13+,15+,16-/m1/s1. The average molecular weight is 293 g/mol. The summed E-state index contributed by atoms with van der Waals surface area (Å²) in [5.41, 5.74) is 0.784. The smallest absolute Gasteiger partial charge is 0.228 e. The van der Waals surface area contributed by atoms with Gasteiger partial charge in [-0.3, -0.25) is 4.79 Å². The highest BCUT2D eigenvalue weighted by Crippen LogP contribution is 2.22. The monoisotopic (exact) mass is 293 g/mol. The first kappa shape index (κ1) is 17.7. The molecule has 1 rings (SSSR count). The summed E-state index contributed by atoms with van der Waals surface area (Å²) in [6.07, 6.45) is 0.0721. The van der Waals surface area contributed by atoms with Crippen molar-refractivity contribution in [2.24, 2.45) is 5.92 Å². The molecule has 0 unspecified atom stereocenters. The summed E-state index contributed by atoms with van der Waals surface area (Å²) in [7, 11) is 1.67. The molecule has 0 fully saturated rings. The van der Waals surface area contributed by atoms with Crippen LogP contribution in [0.2, 0.25) is 0 Å². The van der Waals surface area contributed by atoms with Gasteiger partial charge in [-0.1, -0.05) is 50.6 Å². The number of aliphatic hydroxyl groups is 2. The summed E-state index contributed by atoms with van der Waals surface area (Å²) in [5.74, 6) is -0.598. The highest BCUT2D eigenvalue weighted by Gasteiger charge is 2.29. The molecule has 0 aromatic heterocycles. The third kappa shape index (κ3) is 4.55. The van der Waals surface area contributed by atoms with Gasteiger partial charge in [-0.2, -0.15) is 0 Å². The minimum absolute atomic E-state index is 0.140. The molecule has 21 heavy (non-hydrogen) atoms. The Kier molecular flexibility index (Phi) is 6.85. The molecule has 1 aromatic rings.